The Balaban J connectivity index is 1.23. The number of carbonyl (C=O) groups excluding carboxylic acids is 3. The monoisotopic (exact) mass is 703 g/mol. The molecule has 0 unspecified atom stereocenters. The van der Waals surface area contributed by atoms with Crippen LogP contribution in [0.3, 0.4) is 0 Å². The van der Waals surface area contributed by atoms with Crippen LogP contribution in [0, 0.1) is 5.92 Å². The molecule has 10 nitrogen and oxygen atoms in total. The molecule has 4 aromatic carbocycles. The first-order valence-electron chi connectivity index (χ1n) is 17.5. The van der Waals surface area contributed by atoms with Gasteiger partial charge in [0.05, 0.1) is 36.5 Å². The number of aliphatic hydroxyl groups excluding tert-OH is 1. The Labute approximate surface area is 298 Å². The lowest BCUT2D eigenvalue weighted by Crippen LogP contribution is -2.48. The average Bonchev–Trinajstić information content (AvgIpc) is 3.56. The Morgan fingerprint density at radius 1 is 0.882 bits per heavy atom. The first kappa shape index (κ1) is 33.3. The van der Waals surface area contributed by atoms with E-state index in [9.17, 15) is 19.5 Å². The first-order chi connectivity index (χ1) is 24.5. The summed E-state index contributed by atoms with van der Waals surface area (Å²) in [5, 5.41) is 10.3. The highest BCUT2D eigenvalue weighted by molar-refractivity contribution is 6.71. The standard InChI is InChI=1S/C40H41N3O7Si/c1-25-38(51(2,3)48)35(21-36(45)41-22-27-12-8-7-11-26(27)19-30(41)23-44)50-40(25)31-20-29(42-33-15-9-10-16-34(33)49-24-37(42)46)17-18-32(31)43(39(40)47)28-13-5-4-6-14-28/h4-18,20,25,30,35,38,44,48H,19,21-24H2,1-3H3/t25-,30-,35+,38-,40+/m0/s1. The van der Waals surface area contributed by atoms with Crippen LogP contribution in [0.1, 0.15) is 30.0 Å². The zero-order valence-corrected chi connectivity index (χ0v) is 29.9. The minimum absolute atomic E-state index is 0.0601. The van der Waals surface area contributed by atoms with Crippen molar-refractivity contribution in [2.45, 2.75) is 62.7 Å². The smallest absolute Gasteiger partial charge is 0.269 e. The van der Waals surface area contributed by atoms with Gasteiger partial charge in [-0.05, 0) is 73.1 Å². The summed E-state index contributed by atoms with van der Waals surface area (Å²) in [7, 11) is -3.10. The fourth-order valence-corrected chi connectivity index (χ4v) is 11.4. The van der Waals surface area contributed by atoms with Crippen LogP contribution in [-0.4, -0.2) is 66.2 Å². The fourth-order valence-electron chi connectivity index (χ4n) is 8.88. The van der Waals surface area contributed by atoms with Gasteiger partial charge in [-0.25, -0.2) is 0 Å². The largest absolute Gasteiger partial charge is 0.482 e. The highest BCUT2D eigenvalue weighted by Crippen LogP contribution is 2.61. The third kappa shape index (κ3) is 5.29. The first-order valence-corrected chi connectivity index (χ1v) is 20.5. The summed E-state index contributed by atoms with van der Waals surface area (Å²) in [5.41, 5.74) is 3.11. The molecular formula is C40H41N3O7Si. The second-order valence-corrected chi connectivity index (χ2v) is 18.5. The molecule has 0 saturated carbocycles. The second-order valence-electron chi connectivity index (χ2n) is 14.6. The van der Waals surface area contributed by atoms with Crippen molar-refractivity contribution in [3.8, 4) is 5.75 Å². The van der Waals surface area contributed by atoms with Crippen LogP contribution in [0.2, 0.25) is 18.6 Å². The molecule has 3 amide bonds. The lowest BCUT2D eigenvalue weighted by molar-refractivity contribution is -0.150. The average molecular weight is 704 g/mol. The van der Waals surface area contributed by atoms with Gasteiger partial charge in [0.1, 0.15) is 5.75 Å². The molecule has 8 rings (SSSR count). The summed E-state index contributed by atoms with van der Waals surface area (Å²) >= 11 is 0. The molecule has 4 heterocycles. The van der Waals surface area contributed by atoms with Crippen molar-refractivity contribution in [2.75, 3.05) is 23.0 Å². The number of benzene rings is 4. The molecule has 51 heavy (non-hydrogen) atoms. The van der Waals surface area contributed by atoms with Gasteiger partial charge >= 0.3 is 0 Å². The quantitative estimate of drug-likeness (QED) is 0.253. The molecule has 0 aliphatic carbocycles. The van der Waals surface area contributed by atoms with Crippen LogP contribution in [0.15, 0.2) is 97.1 Å². The lowest BCUT2D eigenvalue weighted by Gasteiger charge is -2.37. The predicted octanol–water partition coefficient (Wildman–Crippen LogP) is 5.56. The summed E-state index contributed by atoms with van der Waals surface area (Å²) < 4.78 is 12.8. The van der Waals surface area contributed by atoms with Crippen molar-refractivity contribution >= 4 is 48.8 Å². The summed E-state index contributed by atoms with van der Waals surface area (Å²) in [6.45, 7) is 5.65. The van der Waals surface area contributed by atoms with E-state index in [0.717, 1.165) is 11.1 Å². The van der Waals surface area contributed by atoms with E-state index in [1.165, 1.54) is 0 Å². The maximum Gasteiger partial charge on any atom is 0.269 e. The van der Waals surface area contributed by atoms with Gasteiger partial charge in [-0.15, -0.1) is 0 Å². The van der Waals surface area contributed by atoms with Crippen LogP contribution < -0.4 is 14.5 Å². The Morgan fingerprint density at radius 3 is 2.33 bits per heavy atom. The van der Waals surface area contributed by atoms with Crippen molar-refractivity contribution in [2.24, 2.45) is 5.92 Å². The molecule has 4 aliphatic heterocycles. The molecule has 2 N–H and O–H groups in total. The highest BCUT2D eigenvalue weighted by atomic mass is 28.4. The van der Waals surface area contributed by atoms with Crippen LogP contribution in [0.5, 0.6) is 5.75 Å². The third-order valence-corrected chi connectivity index (χ3v) is 13.6. The number of carbonyl (C=O) groups is 3. The van der Waals surface area contributed by atoms with Crippen molar-refractivity contribution in [1.29, 1.82) is 0 Å². The molecular weight excluding hydrogens is 663 g/mol. The van der Waals surface area contributed by atoms with E-state index in [4.69, 9.17) is 9.47 Å². The number of hydrogen-bond acceptors (Lipinski definition) is 7. The van der Waals surface area contributed by atoms with E-state index in [2.05, 4.69) is 0 Å². The van der Waals surface area contributed by atoms with Crippen LogP contribution in [-0.2, 0) is 37.7 Å². The summed E-state index contributed by atoms with van der Waals surface area (Å²) in [6.07, 6.45) is -0.300. The number of hydrogen-bond donors (Lipinski definition) is 2. The van der Waals surface area contributed by atoms with E-state index in [1.807, 2.05) is 117 Å². The number of amides is 3. The summed E-state index contributed by atoms with van der Waals surface area (Å²) in [5.74, 6) is -0.705. The molecule has 0 radical (unpaired) electrons. The predicted molar refractivity (Wildman–Crippen MR) is 194 cm³/mol. The topological polar surface area (TPSA) is 120 Å². The van der Waals surface area contributed by atoms with Gasteiger partial charge in [-0.2, -0.15) is 0 Å². The minimum atomic E-state index is -3.10. The Morgan fingerprint density at radius 2 is 1.59 bits per heavy atom. The SMILES string of the molecule is C[C@H]1[C@H]([Si](C)(C)O)[C@@H](CC(=O)N2Cc3ccccc3C[C@H]2CO)O[C@]12C(=O)N(c1ccccc1)c1ccc(N3C(=O)COc4ccccc43)cc12. The number of para-hydroxylation sites is 3. The second kappa shape index (κ2) is 12.4. The van der Waals surface area contributed by atoms with E-state index in [1.54, 1.807) is 14.7 Å². The molecule has 1 spiro atoms. The normalized spacial score (nSPS) is 25.5. The van der Waals surface area contributed by atoms with Gasteiger partial charge in [-0.3, -0.25) is 24.2 Å². The fraction of sp³-hybridized carbons (Fsp3) is 0.325. The molecule has 1 saturated heterocycles. The number of fused-ring (bicyclic) bond motifs is 4. The van der Waals surface area contributed by atoms with Gasteiger partial charge in [0, 0.05) is 34.9 Å². The van der Waals surface area contributed by atoms with Gasteiger partial charge in [0.2, 0.25) is 5.91 Å². The summed E-state index contributed by atoms with van der Waals surface area (Å²) in [4.78, 5) is 59.6. The highest BCUT2D eigenvalue weighted by Gasteiger charge is 2.67. The maximum atomic E-state index is 15.1. The van der Waals surface area contributed by atoms with Crippen molar-refractivity contribution in [3.63, 3.8) is 0 Å². The minimum Gasteiger partial charge on any atom is -0.482 e. The van der Waals surface area contributed by atoms with Gasteiger partial charge in [0.25, 0.3) is 11.8 Å². The van der Waals surface area contributed by atoms with Crippen molar-refractivity contribution in [3.05, 3.63) is 114 Å². The van der Waals surface area contributed by atoms with Gasteiger partial charge < -0.3 is 24.3 Å². The van der Waals surface area contributed by atoms with Crippen LogP contribution in [0.25, 0.3) is 0 Å². The molecule has 0 bridgehead atoms. The Kier molecular flexibility index (Phi) is 8.14. The number of nitrogens with zero attached hydrogens (tertiary/aromatic N) is 3. The van der Waals surface area contributed by atoms with Crippen LogP contribution >= 0.6 is 0 Å². The van der Waals surface area contributed by atoms with Gasteiger partial charge in [0.15, 0.2) is 20.5 Å². The number of aliphatic hydroxyl groups is 1. The Bertz CT molecular complexity index is 2030. The molecule has 11 heteroatoms. The van der Waals surface area contributed by atoms with E-state index in [-0.39, 0.29) is 37.4 Å². The maximum absolute atomic E-state index is 15.1. The molecule has 4 aromatic rings. The molecule has 1 fully saturated rings. The van der Waals surface area contributed by atoms with E-state index < -0.39 is 37.5 Å². The van der Waals surface area contributed by atoms with E-state index in [0.29, 0.717) is 47.0 Å². The zero-order chi connectivity index (χ0) is 35.7. The lowest BCUT2D eigenvalue weighted by atomic mass is 9.82. The van der Waals surface area contributed by atoms with Crippen LogP contribution in [0.4, 0.5) is 22.7 Å². The van der Waals surface area contributed by atoms with Gasteiger partial charge in [-0.1, -0.05) is 61.5 Å². The number of ether oxygens (including phenoxy) is 2. The zero-order valence-electron chi connectivity index (χ0n) is 28.9. The number of anilines is 4. The van der Waals surface area contributed by atoms with Crippen molar-refractivity contribution in [1.82, 2.24) is 4.90 Å². The Hall–Kier alpha value is -4.81. The third-order valence-electron chi connectivity index (χ3n) is 11.1. The van der Waals surface area contributed by atoms with E-state index >= 15 is 4.79 Å². The molecule has 262 valence electrons. The summed E-state index contributed by atoms with van der Waals surface area (Å²) in [6, 6.07) is 29.7. The van der Waals surface area contributed by atoms with Crippen molar-refractivity contribution < 1.29 is 33.8 Å². The molecule has 0 aromatic heterocycles. The molecule has 5 atom stereocenters. The number of rotatable bonds is 6. The molecule has 4 aliphatic rings.